The molecule has 0 bridgehead atoms. The standard InChI is InChI=1S/C13H16N4O2S/c1-17-13(10-4-6-14-7-5-10)8-11(16-17)9-15-20(18,19)12-2-3-12/h4-8,12,15H,2-3,9H2,1H3. The van der Waals surface area contributed by atoms with Crippen LogP contribution in [-0.2, 0) is 23.6 Å². The summed E-state index contributed by atoms with van der Waals surface area (Å²) in [6, 6.07) is 5.69. The van der Waals surface area contributed by atoms with Gasteiger partial charge < -0.3 is 0 Å². The summed E-state index contributed by atoms with van der Waals surface area (Å²) < 4.78 is 27.9. The minimum absolute atomic E-state index is 0.203. The third kappa shape index (κ3) is 2.73. The molecule has 6 nitrogen and oxygen atoms in total. The fraction of sp³-hybridized carbons (Fsp3) is 0.385. The summed E-state index contributed by atoms with van der Waals surface area (Å²) in [5, 5.41) is 4.14. The zero-order valence-electron chi connectivity index (χ0n) is 11.2. The molecule has 1 saturated carbocycles. The van der Waals surface area contributed by atoms with E-state index < -0.39 is 10.0 Å². The molecule has 1 aliphatic carbocycles. The molecule has 1 N–H and O–H groups in total. The van der Waals surface area contributed by atoms with Crippen molar-refractivity contribution in [1.29, 1.82) is 0 Å². The van der Waals surface area contributed by atoms with Crippen LogP contribution in [0.5, 0.6) is 0 Å². The summed E-state index contributed by atoms with van der Waals surface area (Å²) in [5.74, 6) is 0. The fourth-order valence-corrected chi connectivity index (χ4v) is 3.42. The van der Waals surface area contributed by atoms with Gasteiger partial charge in [0.1, 0.15) is 0 Å². The molecule has 0 spiro atoms. The zero-order chi connectivity index (χ0) is 14.2. The lowest BCUT2D eigenvalue weighted by atomic mass is 10.2. The van der Waals surface area contributed by atoms with E-state index in [0.29, 0.717) is 5.69 Å². The topological polar surface area (TPSA) is 76.9 Å². The highest BCUT2D eigenvalue weighted by Gasteiger charge is 2.35. The highest BCUT2D eigenvalue weighted by atomic mass is 32.2. The Hall–Kier alpha value is -1.73. The highest BCUT2D eigenvalue weighted by Crippen LogP contribution is 2.27. The van der Waals surface area contributed by atoms with Gasteiger partial charge in [-0.3, -0.25) is 9.67 Å². The number of rotatable bonds is 5. The predicted molar refractivity (Wildman–Crippen MR) is 75.2 cm³/mol. The molecule has 106 valence electrons. The molecule has 0 aliphatic heterocycles. The first-order chi connectivity index (χ1) is 9.56. The Balaban J connectivity index is 1.76. The normalized spacial score (nSPS) is 15.4. The summed E-state index contributed by atoms with van der Waals surface area (Å²) in [6.45, 7) is 0.234. The molecular weight excluding hydrogens is 276 g/mol. The molecule has 0 radical (unpaired) electrons. The van der Waals surface area contributed by atoms with Crippen molar-refractivity contribution in [1.82, 2.24) is 19.5 Å². The van der Waals surface area contributed by atoms with Crippen molar-refractivity contribution < 1.29 is 8.42 Å². The molecule has 0 saturated heterocycles. The van der Waals surface area contributed by atoms with Gasteiger partial charge in [-0.2, -0.15) is 5.10 Å². The van der Waals surface area contributed by atoms with Crippen molar-refractivity contribution >= 4 is 10.0 Å². The number of nitrogens with zero attached hydrogens (tertiary/aromatic N) is 3. The minimum atomic E-state index is -3.16. The lowest BCUT2D eigenvalue weighted by Crippen LogP contribution is -2.26. The van der Waals surface area contributed by atoms with Gasteiger partial charge in [0.2, 0.25) is 10.0 Å². The summed E-state index contributed by atoms with van der Waals surface area (Å²) in [7, 11) is -1.32. The van der Waals surface area contributed by atoms with E-state index in [-0.39, 0.29) is 11.8 Å². The van der Waals surface area contributed by atoms with Gasteiger partial charge in [0, 0.05) is 25.0 Å². The van der Waals surface area contributed by atoms with Crippen LogP contribution in [0.1, 0.15) is 18.5 Å². The van der Waals surface area contributed by atoms with Crippen LogP contribution in [0.2, 0.25) is 0 Å². The number of nitrogens with one attached hydrogen (secondary N) is 1. The van der Waals surface area contributed by atoms with E-state index in [1.165, 1.54) is 0 Å². The maximum Gasteiger partial charge on any atom is 0.214 e. The van der Waals surface area contributed by atoms with E-state index in [4.69, 9.17) is 0 Å². The molecular formula is C13H16N4O2S. The average Bonchev–Trinajstić information content (AvgIpc) is 3.23. The van der Waals surface area contributed by atoms with Crippen LogP contribution < -0.4 is 4.72 Å². The number of aromatic nitrogens is 3. The number of aryl methyl sites for hydroxylation is 1. The van der Waals surface area contributed by atoms with E-state index in [1.807, 2.05) is 25.2 Å². The second-order valence-electron chi connectivity index (χ2n) is 4.95. The van der Waals surface area contributed by atoms with Crippen molar-refractivity contribution in [3.63, 3.8) is 0 Å². The Morgan fingerprint density at radius 2 is 2.05 bits per heavy atom. The van der Waals surface area contributed by atoms with Gasteiger partial charge >= 0.3 is 0 Å². The molecule has 20 heavy (non-hydrogen) atoms. The van der Waals surface area contributed by atoms with Gasteiger partial charge in [-0.25, -0.2) is 13.1 Å². The number of sulfonamides is 1. The maximum absolute atomic E-state index is 11.8. The van der Waals surface area contributed by atoms with Crippen molar-refractivity contribution in [2.24, 2.45) is 7.05 Å². The van der Waals surface area contributed by atoms with E-state index in [1.54, 1.807) is 17.1 Å². The van der Waals surface area contributed by atoms with Gasteiger partial charge in [0.05, 0.1) is 23.2 Å². The van der Waals surface area contributed by atoms with Gasteiger partial charge in [-0.1, -0.05) is 0 Å². The molecule has 0 amide bonds. The number of hydrogen-bond donors (Lipinski definition) is 1. The molecule has 2 aromatic heterocycles. The quantitative estimate of drug-likeness (QED) is 0.894. The van der Waals surface area contributed by atoms with Crippen molar-refractivity contribution in [2.45, 2.75) is 24.6 Å². The van der Waals surface area contributed by atoms with Crippen LogP contribution in [-0.4, -0.2) is 28.4 Å². The maximum atomic E-state index is 11.8. The minimum Gasteiger partial charge on any atom is -0.268 e. The molecule has 0 atom stereocenters. The molecule has 2 heterocycles. The molecule has 0 aromatic carbocycles. The summed E-state index contributed by atoms with van der Waals surface area (Å²) in [6.07, 6.45) is 4.97. The largest absolute Gasteiger partial charge is 0.268 e. The third-order valence-electron chi connectivity index (χ3n) is 3.32. The molecule has 1 aliphatic rings. The summed E-state index contributed by atoms with van der Waals surface area (Å²) in [5.41, 5.74) is 2.66. The van der Waals surface area contributed by atoms with Crippen LogP contribution in [0.15, 0.2) is 30.6 Å². The molecule has 2 aromatic rings. The molecule has 0 unspecified atom stereocenters. The Kier molecular flexibility index (Phi) is 3.31. The third-order valence-corrected chi connectivity index (χ3v) is 5.22. The predicted octanol–water partition coefficient (Wildman–Crippen LogP) is 1.06. The Labute approximate surface area is 117 Å². The van der Waals surface area contributed by atoms with Gasteiger partial charge in [-0.15, -0.1) is 0 Å². The fourth-order valence-electron chi connectivity index (χ4n) is 2.08. The molecule has 1 fully saturated rings. The second kappa shape index (κ2) is 4.99. The zero-order valence-corrected chi connectivity index (χ0v) is 12.0. The monoisotopic (exact) mass is 292 g/mol. The van der Waals surface area contributed by atoms with E-state index in [2.05, 4.69) is 14.8 Å². The van der Waals surface area contributed by atoms with E-state index in [9.17, 15) is 8.42 Å². The van der Waals surface area contributed by atoms with Crippen molar-refractivity contribution in [3.05, 3.63) is 36.3 Å². The Morgan fingerprint density at radius 1 is 1.35 bits per heavy atom. The first-order valence-corrected chi connectivity index (χ1v) is 8.03. The van der Waals surface area contributed by atoms with Gasteiger partial charge in [0.15, 0.2) is 0 Å². The first kappa shape index (κ1) is 13.3. The van der Waals surface area contributed by atoms with Crippen LogP contribution in [0.3, 0.4) is 0 Å². The van der Waals surface area contributed by atoms with Crippen LogP contribution in [0.4, 0.5) is 0 Å². The lowest BCUT2D eigenvalue weighted by molar-refractivity contribution is 0.578. The second-order valence-corrected chi connectivity index (χ2v) is 6.99. The molecule has 7 heteroatoms. The van der Waals surface area contributed by atoms with Crippen molar-refractivity contribution in [3.8, 4) is 11.3 Å². The number of pyridine rings is 1. The lowest BCUT2D eigenvalue weighted by Gasteiger charge is -2.02. The van der Waals surface area contributed by atoms with Crippen LogP contribution >= 0.6 is 0 Å². The van der Waals surface area contributed by atoms with Crippen LogP contribution in [0, 0.1) is 0 Å². The Bertz CT molecular complexity index is 705. The van der Waals surface area contributed by atoms with Crippen molar-refractivity contribution in [2.75, 3.05) is 0 Å². The smallest absolute Gasteiger partial charge is 0.214 e. The van der Waals surface area contributed by atoms with Crippen LogP contribution in [0.25, 0.3) is 11.3 Å². The average molecular weight is 292 g/mol. The van der Waals surface area contributed by atoms with E-state index >= 15 is 0 Å². The summed E-state index contributed by atoms with van der Waals surface area (Å²) in [4.78, 5) is 3.98. The molecule has 3 rings (SSSR count). The highest BCUT2D eigenvalue weighted by molar-refractivity contribution is 7.90. The van der Waals surface area contributed by atoms with Gasteiger partial charge in [-0.05, 0) is 31.0 Å². The summed E-state index contributed by atoms with van der Waals surface area (Å²) >= 11 is 0. The van der Waals surface area contributed by atoms with Gasteiger partial charge in [0.25, 0.3) is 0 Å². The number of hydrogen-bond acceptors (Lipinski definition) is 4. The SMILES string of the molecule is Cn1nc(CNS(=O)(=O)C2CC2)cc1-c1ccncc1. The Morgan fingerprint density at radius 3 is 2.70 bits per heavy atom. The van der Waals surface area contributed by atoms with E-state index in [0.717, 1.165) is 24.1 Å². The first-order valence-electron chi connectivity index (χ1n) is 6.48.